The summed E-state index contributed by atoms with van der Waals surface area (Å²) < 4.78 is 13.0. The molecule has 4 nitrogen and oxygen atoms in total. The van der Waals surface area contributed by atoms with Crippen LogP contribution in [0.3, 0.4) is 0 Å². The molecule has 2 aromatic carbocycles. The number of nitrogens with one attached hydrogen (secondary N) is 1. The molecule has 3 aromatic rings. The Morgan fingerprint density at radius 2 is 2.04 bits per heavy atom. The Hall–Kier alpha value is -2.34. The van der Waals surface area contributed by atoms with Crippen LogP contribution in [0, 0.1) is 5.82 Å². The highest BCUT2D eigenvalue weighted by Gasteiger charge is 2.26. The zero-order valence-electron chi connectivity index (χ0n) is 14.3. The van der Waals surface area contributed by atoms with Crippen LogP contribution in [0.4, 0.5) is 4.39 Å². The highest BCUT2D eigenvalue weighted by atomic mass is 32.2. The van der Waals surface area contributed by atoms with Crippen LogP contribution in [0.25, 0.3) is 11.0 Å². The van der Waals surface area contributed by atoms with Gasteiger partial charge in [0.2, 0.25) is 5.91 Å². The highest BCUT2D eigenvalue weighted by molar-refractivity contribution is 8.00. The van der Waals surface area contributed by atoms with Gasteiger partial charge in [-0.25, -0.2) is 9.37 Å². The van der Waals surface area contributed by atoms with Crippen molar-refractivity contribution < 1.29 is 9.18 Å². The van der Waals surface area contributed by atoms with E-state index in [1.165, 1.54) is 23.9 Å². The minimum atomic E-state index is -0.259. The third-order valence-corrected chi connectivity index (χ3v) is 5.74. The quantitative estimate of drug-likeness (QED) is 0.701. The van der Waals surface area contributed by atoms with Crippen molar-refractivity contribution >= 4 is 28.7 Å². The van der Waals surface area contributed by atoms with Crippen LogP contribution in [0.1, 0.15) is 24.6 Å². The minimum Gasteiger partial charge on any atom is -0.342 e. The van der Waals surface area contributed by atoms with Crippen molar-refractivity contribution in [3.63, 3.8) is 0 Å². The lowest BCUT2D eigenvalue weighted by molar-refractivity contribution is -0.129. The van der Waals surface area contributed by atoms with Gasteiger partial charge in [-0.1, -0.05) is 12.1 Å². The Morgan fingerprint density at radius 3 is 2.85 bits per heavy atom. The lowest BCUT2D eigenvalue weighted by atomic mass is 9.97. The Balaban J connectivity index is 1.39. The van der Waals surface area contributed by atoms with Crippen molar-refractivity contribution in [3.05, 3.63) is 60.2 Å². The molecule has 1 unspecified atom stereocenters. The first-order chi connectivity index (χ1) is 12.7. The summed E-state index contributed by atoms with van der Waals surface area (Å²) in [7, 11) is 0. The number of thioether (sulfide) groups is 1. The van der Waals surface area contributed by atoms with Crippen LogP contribution in [0.5, 0.6) is 0 Å². The number of para-hydroxylation sites is 2. The highest BCUT2D eigenvalue weighted by Crippen LogP contribution is 2.27. The number of fused-ring (bicyclic) bond motifs is 1. The predicted molar refractivity (Wildman–Crippen MR) is 102 cm³/mol. The molecule has 26 heavy (non-hydrogen) atoms. The van der Waals surface area contributed by atoms with E-state index in [4.69, 9.17) is 4.98 Å². The van der Waals surface area contributed by atoms with Gasteiger partial charge >= 0.3 is 0 Å². The van der Waals surface area contributed by atoms with Gasteiger partial charge in [-0.3, -0.25) is 4.79 Å². The molecule has 0 radical (unpaired) electrons. The third-order valence-electron chi connectivity index (χ3n) is 4.74. The van der Waals surface area contributed by atoms with Crippen molar-refractivity contribution in [3.8, 4) is 0 Å². The maximum absolute atomic E-state index is 13.0. The van der Waals surface area contributed by atoms with E-state index in [1.807, 2.05) is 29.2 Å². The van der Waals surface area contributed by atoms with Crippen molar-refractivity contribution in [2.75, 3.05) is 18.8 Å². The molecule has 134 valence electrons. The second-order valence-corrected chi connectivity index (χ2v) is 7.61. The molecule has 4 rings (SSSR count). The van der Waals surface area contributed by atoms with Crippen LogP contribution in [0.15, 0.2) is 53.4 Å². The molecule has 0 bridgehead atoms. The summed E-state index contributed by atoms with van der Waals surface area (Å²) in [5.41, 5.74) is 2.01. The number of imidazole rings is 1. The van der Waals surface area contributed by atoms with Gasteiger partial charge in [0.1, 0.15) is 11.6 Å². The van der Waals surface area contributed by atoms with E-state index >= 15 is 0 Å². The average molecular weight is 369 g/mol. The number of rotatable bonds is 4. The average Bonchev–Trinajstić information content (AvgIpc) is 3.12. The van der Waals surface area contributed by atoms with E-state index < -0.39 is 0 Å². The number of nitrogens with zero attached hydrogens (tertiary/aromatic N) is 2. The van der Waals surface area contributed by atoms with Crippen LogP contribution >= 0.6 is 11.8 Å². The first kappa shape index (κ1) is 17.1. The molecule has 1 aliphatic rings. The summed E-state index contributed by atoms with van der Waals surface area (Å²) in [4.78, 5) is 23.5. The van der Waals surface area contributed by atoms with Crippen LogP contribution < -0.4 is 0 Å². The maximum atomic E-state index is 13.0. The van der Waals surface area contributed by atoms with E-state index in [2.05, 4.69) is 4.98 Å². The summed E-state index contributed by atoms with van der Waals surface area (Å²) in [6.45, 7) is 1.49. The summed E-state index contributed by atoms with van der Waals surface area (Å²) in [6.07, 6.45) is 2.02. The number of carbonyl (C=O) groups is 1. The lowest BCUT2D eigenvalue weighted by Gasteiger charge is -2.31. The topological polar surface area (TPSA) is 49.0 Å². The summed E-state index contributed by atoms with van der Waals surface area (Å²) in [5, 5.41) is 0. The Bertz CT molecular complexity index is 876. The van der Waals surface area contributed by atoms with Crippen LogP contribution in [-0.2, 0) is 4.79 Å². The second kappa shape index (κ2) is 7.50. The molecule has 1 fully saturated rings. The smallest absolute Gasteiger partial charge is 0.232 e. The molecule has 0 saturated carbocycles. The predicted octanol–water partition coefficient (Wildman–Crippen LogP) is 4.20. The number of likely N-dealkylation sites (tertiary alicyclic amines) is 1. The van der Waals surface area contributed by atoms with Gasteiger partial charge in [-0.05, 0) is 49.2 Å². The van der Waals surface area contributed by atoms with Gasteiger partial charge in [-0.15, -0.1) is 11.8 Å². The fourth-order valence-corrected chi connectivity index (χ4v) is 4.16. The normalized spacial score (nSPS) is 17.6. The fourth-order valence-electron chi connectivity index (χ4n) is 3.36. The number of halogens is 1. The van der Waals surface area contributed by atoms with E-state index in [0.29, 0.717) is 12.3 Å². The number of aromatic amines is 1. The number of H-pyrrole nitrogens is 1. The SMILES string of the molecule is O=C(CSc1ccc(F)cc1)N1CCCC(c2nc3ccccc3[nH]2)C1. The summed E-state index contributed by atoms with van der Waals surface area (Å²) >= 11 is 1.45. The molecule has 1 amide bonds. The first-order valence-electron chi connectivity index (χ1n) is 8.80. The van der Waals surface area contributed by atoms with Gasteiger partial charge in [0, 0.05) is 23.9 Å². The number of benzene rings is 2. The molecule has 1 saturated heterocycles. The monoisotopic (exact) mass is 369 g/mol. The molecule has 1 atom stereocenters. The van der Waals surface area contributed by atoms with E-state index in [9.17, 15) is 9.18 Å². The largest absolute Gasteiger partial charge is 0.342 e. The Labute approximate surface area is 155 Å². The Kier molecular flexibility index (Phi) is 4.93. The van der Waals surface area contributed by atoms with Gasteiger partial charge < -0.3 is 9.88 Å². The summed E-state index contributed by atoms with van der Waals surface area (Å²) in [5.74, 6) is 1.45. The van der Waals surface area contributed by atoms with E-state index in [1.54, 1.807) is 12.1 Å². The van der Waals surface area contributed by atoms with Crippen LogP contribution in [0.2, 0.25) is 0 Å². The van der Waals surface area contributed by atoms with Crippen molar-refractivity contribution in [1.82, 2.24) is 14.9 Å². The standard InChI is InChI=1S/C20H20FN3OS/c21-15-7-9-16(10-8-15)26-13-19(25)24-11-3-4-14(12-24)20-22-17-5-1-2-6-18(17)23-20/h1-2,5-10,14H,3-4,11-13H2,(H,22,23). The van der Waals surface area contributed by atoms with Gasteiger partial charge in [0.15, 0.2) is 0 Å². The van der Waals surface area contributed by atoms with Crippen molar-refractivity contribution in [1.29, 1.82) is 0 Å². The third kappa shape index (κ3) is 3.75. The zero-order chi connectivity index (χ0) is 17.9. The number of amides is 1. The zero-order valence-corrected chi connectivity index (χ0v) is 15.1. The molecular formula is C20H20FN3OS. The van der Waals surface area contributed by atoms with E-state index in [0.717, 1.165) is 41.1 Å². The number of aromatic nitrogens is 2. The number of carbonyl (C=O) groups excluding carboxylic acids is 1. The van der Waals surface area contributed by atoms with Crippen molar-refractivity contribution in [2.24, 2.45) is 0 Å². The molecular weight excluding hydrogens is 349 g/mol. The molecule has 0 spiro atoms. The molecule has 1 aliphatic heterocycles. The number of piperidine rings is 1. The first-order valence-corrected chi connectivity index (χ1v) is 9.78. The fraction of sp³-hybridized carbons (Fsp3) is 0.300. The summed E-state index contributed by atoms with van der Waals surface area (Å²) in [6, 6.07) is 14.3. The van der Waals surface area contributed by atoms with Gasteiger partial charge in [0.25, 0.3) is 0 Å². The minimum absolute atomic E-state index is 0.125. The van der Waals surface area contributed by atoms with Crippen LogP contribution in [-0.4, -0.2) is 39.6 Å². The molecule has 1 N–H and O–H groups in total. The molecule has 2 heterocycles. The second-order valence-electron chi connectivity index (χ2n) is 6.56. The molecule has 0 aliphatic carbocycles. The molecule has 1 aromatic heterocycles. The van der Waals surface area contributed by atoms with Gasteiger partial charge in [0.05, 0.1) is 16.8 Å². The number of hydrogen-bond acceptors (Lipinski definition) is 3. The van der Waals surface area contributed by atoms with E-state index in [-0.39, 0.29) is 17.6 Å². The molecule has 6 heteroatoms. The number of hydrogen-bond donors (Lipinski definition) is 1. The maximum Gasteiger partial charge on any atom is 0.232 e. The van der Waals surface area contributed by atoms with Gasteiger partial charge in [-0.2, -0.15) is 0 Å². The van der Waals surface area contributed by atoms with Crippen molar-refractivity contribution in [2.45, 2.75) is 23.7 Å². The Morgan fingerprint density at radius 1 is 1.23 bits per heavy atom. The lowest BCUT2D eigenvalue weighted by Crippen LogP contribution is -2.40.